The number of benzene rings is 1. The fourth-order valence-electron chi connectivity index (χ4n) is 3.80. The molecule has 1 fully saturated rings. The van der Waals surface area contributed by atoms with Gasteiger partial charge in [-0.15, -0.1) is 0 Å². The van der Waals surface area contributed by atoms with Crippen LogP contribution in [0.3, 0.4) is 0 Å². The Labute approximate surface area is 143 Å². The van der Waals surface area contributed by atoms with E-state index in [0.717, 1.165) is 29.0 Å². The van der Waals surface area contributed by atoms with Crippen LogP contribution in [0, 0.1) is 6.92 Å². The average molecular weight is 328 g/mol. The van der Waals surface area contributed by atoms with Crippen molar-refractivity contribution in [2.24, 2.45) is 0 Å². The number of nitrogens with one attached hydrogen (secondary N) is 2. The van der Waals surface area contributed by atoms with Crippen molar-refractivity contribution >= 4 is 16.9 Å². The summed E-state index contributed by atoms with van der Waals surface area (Å²) >= 11 is 0. The minimum absolute atomic E-state index is 0.0948. The van der Waals surface area contributed by atoms with Gasteiger partial charge in [0.05, 0.1) is 17.5 Å². The van der Waals surface area contributed by atoms with Crippen LogP contribution in [-0.2, 0) is 11.2 Å². The van der Waals surface area contributed by atoms with Crippen LogP contribution in [0.15, 0.2) is 18.2 Å². The third-order valence-electron chi connectivity index (χ3n) is 5.38. The van der Waals surface area contributed by atoms with Crippen molar-refractivity contribution in [1.29, 1.82) is 0 Å². The number of carbonyl (C=O) groups is 1. The molecule has 5 nitrogen and oxygen atoms in total. The molecule has 0 atom stereocenters. The molecule has 130 valence electrons. The molecule has 0 aliphatic heterocycles. The van der Waals surface area contributed by atoms with Crippen LogP contribution in [-0.4, -0.2) is 47.0 Å². The van der Waals surface area contributed by atoms with Gasteiger partial charge in [-0.05, 0) is 51.6 Å². The van der Waals surface area contributed by atoms with Gasteiger partial charge in [0, 0.05) is 12.1 Å². The van der Waals surface area contributed by atoms with Crippen LogP contribution in [0.2, 0.25) is 0 Å². The molecule has 0 spiro atoms. The normalized spacial score (nSPS) is 17.3. The average Bonchev–Trinajstić information content (AvgIpc) is 2.93. The number of fused-ring (bicyclic) bond motifs is 1. The van der Waals surface area contributed by atoms with E-state index in [4.69, 9.17) is 0 Å². The summed E-state index contributed by atoms with van der Waals surface area (Å²) in [5.41, 5.74) is 3.09. The molecule has 2 N–H and O–H groups in total. The zero-order chi connectivity index (χ0) is 17.2. The van der Waals surface area contributed by atoms with Gasteiger partial charge >= 0.3 is 0 Å². The number of imidazole rings is 1. The van der Waals surface area contributed by atoms with E-state index in [9.17, 15) is 4.79 Å². The molecule has 24 heavy (non-hydrogen) atoms. The number of hydrogen-bond acceptors (Lipinski definition) is 3. The Balaban J connectivity index is 1.61. The van der Waals surface area contributed by atoms with E-state index in [1.807, 2.05) is 25.1 Å². The maximum absolute atomic E-state index is 12.4. The van der Waals surface area contributed by atoms with Crippen LogP contribution in [0.25, 0.3) is 11.0 Å². The van der Waals surface area contributed by atoms with Gasteiger partial charge in [-0.2, -0.15) is 0 Å². The van der Waals surface area contributed by atoms with E-state index in [0.29, 0.717) is 6.42 Å². The number of H-pyrrole nitrogens is 1. The summed E-state index contributed by atoms with van der Waals surface area (Å²) in [7, 11) is 4.26. The van der Waals surface area contributed by atoms with Crippen LogP contribution in [0.4, 0.5) is 0 Å². The Kier molecular flexibility index (Phi) is 4.90. The molecule has 1 heterocycles. The second-order valence-corrected chi connectivity index (χ2v) is 7.31. The first-order valence-corrected chi connectivity index (χ1v) is 8.88. The molecule has 0 bridgehead atoms. The van der Waals surface area contributed by atoms with E-state index < -0.39 is 0 Å². The van der Waals surface area contributed by atoms with Crippen molar-refractivity contribution in [1.82, 2.24) is 20.2 Å². The lowest BCUT2D eigenvalue weighted by Crippen LogP contribution is -2.54. The number of aromatic nitrogens is 2. The minimum atomic E-state index is 0.0948. The Morgan fingerprint density at radius 3 is 2.75 bits per heavy atom. The van der Waals surface area contributed by atoms with Crippen molar-refractivity contribution < 1.29 is 4.79 Å². The van der Waals surface area contributed by atoms with Gasteiger partial charge < -0.3 is 15.2 Å². The summed E-state index contributed by atoms with van der Waals surface area (Å²) in [5.74, 6) is 0.995. The lowest BCUT2D eigenvalue weighted by atomic mass is 9.80. The van der Waals surface area contributed by atoms with Gasteiger partial charge in [-0.3, -0.25) is 4.79 Å². The highest BCUT2D eigenvalue weighted by Gasteiger charge is 2.34. The van der Waals surface area contributed by atoms with Crippen LogP contribution in [0.1, 0.15) is 43.5 Å². The lowest BCUT2D eigenvalue weighted by Gasteiger charge is -2.43. The zero-order valence-corrected chi connectivity index (χ0v) is 15.0. The van der Waals surface area contributed by atoms with Gasteiger partial charge in [-0.25, -0.2) is 4.98 Å². The molecule has 0 saturated heterocycles. The molecule has 1 aromatic carbocycles. The summed E-state index contributed by atoms with van der Waals surface area (Å²) in [5, 5.41) is 3.17. The maximum Gasteiger partial charge on any atom is 0.224 e. The highest BCUT2D eigenvalue weighted by atomic mass is 16.1. The third-order valence-corrected chi connectivity index (χ3v) is 5.38. The smallest absolute Gasteiger partial charge is 0.224 e. The van der Waals surface area contributed by atoms with E-state index >= 15 is 0 Å². The van der Waals surface area contributed by atoms with Gasteiger partial charge in [0.15, 0.2) is 0 Å². The molecule has 1 saturated carbocycles. The standard InChI is InChI=1S/C19H28N4O/c1-14-21-16-8-7-15(11-17(16)22-14)12-18(24)20-13-19(23(2)3)9-5-4-6-10-19/h7-8,11H,4-6,9-10,12-13H2,1-3H3,(H,20,24)(H,21,22). The molecule has 1 aliphatic carbocycles. The summed E-state index contributed by atoms with van der Waals surface area (Å²) < 4.78 is 0. The topological polar surface area (TPSA) is 61.0 Å². The number of rotatable bonds is 5. The second kappa shape index (κ2) is 6.93. The summed E-state index contributed by atoms with van der Waals surface area (Å²) in [4.78, 5) is 22.3. The lowest BCUT2D eigenvalue weighted by molar-refractivity contribution is -0.121. The van der Waals surface area contributed by atoms with Crippen LogP contribution in [0.5, 0.6) is 0 Å². The Morgan fingerprint density at radius 2 is 2.04 bits per heavy atom. The Hall–Kier alpha value is -1.88. The molecule has 0 unspecified atom stereocenters. The predicted octanol–water partition coefficient (Wildman–Crippen LogP) is 2.79. The van der Waals surface area contributed by atoms with Gasteiger partial charge in [0.25, 0.3) is 0 Å². The minimum Gasteiger partial charge on any atom is -0.354 e. The third kappa shape index (κ3) is 3.61. The molecule has 1 amide bonds. The van der Waals surface area contributed by atoms with Crippen molar-refractivity contribution in [2.45, 2.75) is 51.0 Å². The maximum atomic E-state index is 12.4. The fraction of sp³-hybridized carbons (Fsp3) is 0.579. The fourth-order valence-corrected chi connectivity index (χ4v) is 3.80. The van der Waals surface area contributed by atoms with Crippen molar-refractivity contribution in [3.63, 3.8) is 0 Å². The van der Waals surface area contributed by atoms with E-state index in [1.54, 1.807) is 0 Å². The highest BCUT2D eigenvalue weighted by molar-refractivity contribution is 5.81. The molecular weight excluding hydrogens is 300 g/mol. The Bertz CT molecular complexity index is 713. The number of amides is 1. The van der Waals surface area contributed by atoms with Gasteiger partial charge in [0.1, 0.15) is 5.82 Å². The number of aryl methyl sites for hydroxylation is 1. The number of nitrogens with zero attached hydrogens (tertiary/aromatic N) is 2. The molecule has 2 aromatic rings. The predicted molar refractivity (Wildman–Crippen MR) is 97.0 cm³/mol. The molecule has 5 heteroatoms. The quantitative estimate of drug-likeness (QED) is 0.887. The number of likely N-dealkylation sites (N-methyl/N-ethyl adjacent to an activating group) is 1. The Morgan fingerprint density at radius 1 is 1.29 bits per heavy atom. The largest absolute Gasteiger partial charge is 0.354 e. The van der Waals surface area contributed by atoms with E-state index in [1.165, 1.54) is 32.1 Å². The monoisotopic (exact) mass is 328 g/mol. The molecule has 0 radical (unpaired) electrons. The van der Waals surface area contributed by atoms with E-state index in [-0.39, 0.29) is 11.4 Å². The van der Waals surface area contributed by atoms with Crippen molar-refractivity contribution in [3.05, 3.63) is 29.6 Å². The molecular formula is C19H28N4O. The first kappa shape index (κ1) is 17.0. The summed E-state index contributed by atoms with van der Waals surface area (Å²) in [6, 6.07) is 5.99. The number of aromatic amines is 1. The van der Waals surface area contributed by atoms with Crippen LogP contribution >= 0.6 is 0 Å². The SMILES string of the molecule is Cc1nc2ccc(CC(=O)NCC3(N(C)C)CCCCC3)cc2[nH]1. The molecule has 1 aliphatic rings. The van der Waals surface area contributed by atoms with Gasteiger partial charge in [0.2, 0.25) is 5.91 Å². The number of hydrogen-bond donors (Lipinski definition) is 2. The summed E-state index contributed by atoms with van der Waals surface area (Å²) in [6.45, 7) is 2.68. The highest BCUT2D eigenvalue weighted by Crippen LogP contribution is 2.31. The molecule has 3 rings (SSSR count). The first-order chi connectivity index (χ1) is 11.5. The zero-order valence-electron chi connectivity index (χ0n) is 15.0. The first-order valence-electron chi connectivity index (χ1n) is 8.88. The van der Waals surface area contributed by atoms with Gasteiger partial charge in [-0.1, -0.05) is 25.3 Å². The second-order valence-electron chi connectivity index (χ2n) is 7.31. The van der Waals surface area contributed by atoms with Crippen molar-refractivity contribution in [3.8, 4) is 0 Å². The van der Waals surface area contributed by atoms with Crippen LogP contribution < -0.4 is 5.32 Å². The number of carbonyl (C=O) groups excluding carboxylic acids is 1. The molecule has 1 aromatic heterocycles. The summed E-state index contributed by atoms with van der Waals surface area (Å²) in [6.07, 6.45) is 6.57. The van der Waals surface area contributed by atoms with E-state index in [2.05, 4.69) is 34.3 Å². The van der Waals surface area contributed by atoms with Crippen molar-refractivity contribution in [2.75, 3.05) is 20.6 Å².